The van der Waals surface area contributed by atoms with Gasteiger partial charge >= 0.3 is 5.97 Å². The van der Waals surface area contributed by atoms with Crippen molar-refractivity contribution in [1.29, 1.82) is 0 Å². The molecule has 1 aromatic rings. The number of aliphatic hydroxyl groups is 1. The van der Waals surface area contributed by atoms with E-state index >= 15 is 0 Å². The number of unbranched alkanes of at least 4 members (excludes halogenated alkanes) is 2. The summed E-state index contributed by atoms with van der Waals surface area (Å²) in [5.41, 5.74) is 0.158. The summed E-state index contributed by atoms with van der Waals surface area (Å²) in [6.45, 7) is 4.57. The van der Waals surface area contributed by atoms with Crippen molar-refractivity contribution in [2.75, 3.05) is 33.4 Å². The third-order valence-electron chi connectivity index (χ3n) is 9.74. The number of carbonyl (C=O) groups is 1. The molecule has 5 atom stereocenters. The summed E-state index contributed by atoms with van der Waals surface area (Å²) in [5, 5.41) is 16.0. The van der Waals surface area contributed by atoms with Gasteiger partial charge in [0.15, 0.2) is 0 Å². The monoisotopic (exact) mass is 610 g/mol. The quantitative estimate of drug-likeness (QED) is 0.140. The summed E-state index contributed by atoms with van der Waals surface area (Å²) in [7, 11) is -2.33. The highest BCUT2D eigenvalue weighted by molar-refractivity contribution is 7.86. The minimum absolute atomic E-state index is 0.0521. The molecule has 8 nitrogen and oxygen atoms in total. The van der Waals surface area contributed by atoms with E-state index < -0.39 is 15.7 Å². The molecule has 0 radical (unpaired) electrons. The van der Waals surface area contributed by atoms with Gasteiger partial charge < -0.3 is 15.2 Å². The highest BCUT2D eigenvalue weighted by atomic mass is 32.2. The molecule has 9 heteroatoms. The fourth-order valence-corrected chi connectivity index (χ4v) is 8.77. The molecule has 1 aliphatic carbocycles. The van der Waals surface area contributed by atoms with Crippen LogP contribution in [0.4, 0.5) is 0 Å². The molecule has 2 saturated heterocycles. The number of allylic oxidation sites excluding steroid dienone is 1. The van der Waals surface area contributed by atoms with Gasteiger partial charge in [-0.3, -0.25) is 9.08 Å². The lowest BCUT2D eigenvalue weighted by Crippen LogP contribution is -2.66. The first-order valence-corrected chi connectivity index (χ1v) is 17.2. The lowest BCUT2D eigenvalue weighted by atomic mass is 9.55. The molecule has 1 spiro atoms. The predicted molar refractivity (Wildman–Crippen MR) is 166 cm³/mol. The van der Waals surface area contributed by atoms with Crippen LogP contribution in [0.3, 0.4) is 0 Å². The Balaban J connectivity index is 1.23. The topological polar surface area (TPSA) is 105 Å². The summed E-state index contributed by atoms with van der Waals surface area (Å²) >= 11 is 0. The predicted octanol–water partition coefficient (Wildman–Crippen LogP) is 4.28. The Morgan fingerprint density at radius 1 is 1.16 bits per heavy atom. The summed E-state index contributed by atoms with van der Waals surface area (Å²) in [6, 6.07) is 6.76. The fraction of sp³-hybridized carbons (Fsp3) is 0.618. The smallest absolute Gasteiger partial charge is 0.333 e. The Morgan fingerprint density at radius 3 is 2.74 bits per heavy atom. The molecule has 0 aromatic heterocycles. The maximum absolute atomic E-state index is 13.1. The van der Waals surface area contributed by atoms with Gasteiger partial charge in [0.1, 0.15) is 5.60 Å². The SMILES string of the molecule is COC(=O)C1=C[C@@](O)(CCC#CCCCCOS(=O)(=O)c2ccc(C)cc2)[C@@H]2N3CCCC/C=C\[C@H]3C[C@@]23CNCC[C@@H]13. The zero-order chi connectivity index (χ0) is 30.5. The number of nitrogens with zero attached hydrogens (tertiary/aromatic N) is 1. The normalized spacial score (nSPS) is 31.2. The van der Waals surface area contributed by atoms with Crippen molar-refractivity contribution >= 4 is 16.1 Å². The summed E-state index contributed by atoms with van der Waals surface area (Å²) in [5.74, 6) is 6.15. The minimum Gasteiger partial charge on any atom is -0.466 e. The molecular weight excluding hydrogens is 564 g/mol. The molecule has 0 bridgehead atoms. The number of piperidine rings is 1. The number of esters is 1. The third-order valence-corrected chi connectivity index (χ3v) is 11.1. The highest BCUT2D eigenvalue weighted by Gasteiger charge is 2.65. The first-order valence-electron chi connectivity index (χ1n) is 15.8. The lowest BCUT2D eigenvalue weighted by Gasteiger charge is -2.55. The first-order chi connectivity index (χ1) is 20.7. The first kappa shape index (κ1) is 31.9. The number of ether oxygens (including phenoxy) is 1. The molecular formula is C34H46N2O6S. The van der Waals surface area contributed by atoms with E-state index in [-0.39, 0.29) is 40.9 Å². The second kappa shape index (κ2) is 13.7. The van der Waals surface area contributed by atoms with E-state index in [0.29, 0.717) is 37.7 Å². The second-order valence-corrected chi connectivity index (χ2v) is 14.2. The molecule has 0 saturated carbocycles. The number of aryl methyl sites for hydroxylation is 1. The van der Waals surface area contributed by atoms with Crippen molar-refractivity contribution in [3.63, 3.8) is 0 Å². The van der Waals surface area contributed by atoms with Crippen molar-refractivity contribution in [2.45, 2.75) is 93.7 Å². The maximum atomic E-state index is 13.1. The van der Waals surface area contributed by atoms with Gasteiger partial charge in [0.2, 0.25) is 0 Å². The van der Waals surface area contributed by atoms with E-state index in [0.717, 1.165) is 57.3 Å². The molecule has 2 N–H and O–H groups in total. The van der Waals surface area contributed by atoms with Crippen LogP contribution in [0.1, 0.15) is 69.8 Å². The van der Waals surface area contributed by atoms with Crippen LogP contribution in [0.15, 0.2) is 53.0 Å². The van der Waals surface area contributed by atoms with Crippen LogP contribution in [-0.2, 0) is 23.8 Å². The van der Waals surface area contributed by atoms with Gasteiger partial charge in [-0.1, -0.05) is 29.8 Å². The summed E-state index contributed by atoms with van der Waals surface area (Å²) in [4.78, 5) is 15.7. The van der Waals surface area contributed by atoms with Crippen LogP contribution in [0, 0.1) is 30.1 Å². The number of nitrogens with one attached hydrogen (secondary N) is 1. The van der Waals surface area contributed by atoms with Crippen LogP contribution >= 0.6 is 0 Å². The number of carbonyl (C=O) groups excluding carboxylic acids is 1. The third kappa shape index (κ3) is 6.79. The van der Waals surface area contributed by atoms with Crippen LogP contribution in [-0.4, -0.2) is 75.4 Å². The molecule has 5 rings (SSSR count). The Bertz CT molecular complexity index is 1380. The largest absolute Gasteiger partial charge is 0.466 e. The molecule has 4 aliphatic rings. The Kier molecular flexibility index (Phi) is 10.1. The summed E-state index contributed by atoms with van der Waals surface area (Å²) < 4.78 is 35.1. The van der Waals surface area contributed by atoms with Crippen molar-refractivity contribution < 1.29 is 27.2 Å². The highest BCUT2D eigenvalue weighted by Crippen LogP contribution is 2.58. The van der Waals surface area contributed by atoms with Crippen LogP contribution in [0.2, 0.25) is 0 Å². The fourth-order valence-electron chi connectivity index (χ4n) is 7.83. The molecule has 0 unspecified atom stereocenters. The van der Waals surface area contributed by atoms with Crippen LogP contribution in [0.5, 0.6) is 0 Å². The molecule has 3 aliphatic heterocycles. The van der Waals surface area contributed by atoms with Crippen molar-refractivity contribution in [3.05, 3.63) is 53.6 Å². The van der Waals surface area contributed by atoms with Gasteiger partial charge in [-0.05, 0) is 89.6 Å². The number of hydrogen-bond acceptors (Lipinski definition) is 8. The Morgan fingerprint density at radius 2 is 1.95 bits per heavy atom. The number of hydrogen-bond donors (Lipinski definition) is 2. The van der Waals surface area contributed by atoms with Gasteiger partial charge in [0.05, 0.1) is 24.7 Å². The van der Waals surface area contributed by atoms with Gasteiger partial charge in [0, 0.05) is 42.3 Å². The van der Waals surface area contributed by atoms with Crippen molar-refractivity contribution in [3.8, 4) is 11.8 Å². The zero-order valence-electron chi connectivity index (χ0n) is 25.5. The van der Waals surface area contributed by atoms with Gasteiger partial charge in [-0.15, -0.1) is 11.8 Å². The van der Waals surface area contributed by atoms with Gasteiger partial charge in [0.25, 0.3) is 10.1 Å². The average molecular weight is 611 g/mol. The van der Waals surface area contributed by atoms with E-state index in [2.05, 4.69) is 34.2 Å². The zero-order valence-corrected chi connectivity index (χ0v) is 26.3. The molecule has 234 valence electrons. The lowest BCUT2D eigenvalue weighted by molar-refractivity contribution is -0.140. The molecule has 0 amide bonds. The molecule has 43 heavy (non-hydrogen) atoms. The molecule has 3 heterocycles. The van der Waals surface area contributed by atoms with E-state index in [1.165, 1.54) is 7.11 Å². The Hall–Kier alpha value is -2.48. The van der Waals surface area contributed by atoms with Crippen molar-refractivity contribution in [2.24, 2.45) is 11.3 Å². The second-order valence-electron chi connectivity index (χ2n) is 12.6. The van der Waals surface area contributed by atoms with Crippen molar-refractivity contribution in [1.82, 2.24) is 10.2 Å². The minimum atomic E-state index is -3.75. The number of fused-ring (bicyclic) bond motifs is 2. The van der Waals surface area contributed by atoms with Gasteiger partial charge in [-0.25, -0.2) is 4.79 Å². The number of rotatable bonds is 9. The van der Waals surface area contributed by atoms with E-state index in [9.17, 15) is 18.3 Å². The molecule has 1 aromatic carbocycles. The number of benzene rings is 1. The molecule has 2 fully saturated rings. The Labute approximate surface area is 257 Å². The van der Waals surface area contributed by atoms with E-state index in [1.807, 2.05) is 13.0 Å². The average Bonchev–Trinajstić information content (AvgIpc) is 3.28. The summed E-state index contributed by atoms with van der Waals surface area (Å²) in [6.07, 6.45) is 14.4. The van der Waals surface area contributed by atoms with Crippen LogP contribution < -0.4 is 5.32 Å². The van der Waals surface area contributed by atoms with E-state index in [1.54, 1.807) is 24.3 Å². The van der Waals surface area contributed by atoms with Gasteiger partial charge in [-0.2, -0.15) is 8.42 Å². The maximum Gasteiger partial charge on any atom is 0.333 e. The number of methoxy groups -OCH3 is 1. The van der Waals surface area contributed by atoms with Crippen LogP contribution in [0.25, 0.3) is 0 Å². The van der Waals surface area contributed by atoms with E-state index in [4.69, 9.17) is 8.92 Å². The standard InChI is InChI=1S/C34H46N2O6S/c1-26-14-16-28(17-15-26)43(39,40)42-22-12-8-4-3-6-10-19-34(38)24-29(31(37)41-2)30-18-20-35-25-33(30)23-27-13-9-5-7-11-21-36(27)32(33)34/h9,13-17,24,27,30,32,35,38H,4-5,7-8,10-12,18-23,25H2,1-2H3/b13-9-/t27-,30-,32+,33-,34-/m0/s1.